The van der Waals surface area contributed by atoms with E-state index in [0.717, 1.165) is 64.2 Å². The maximum absolute atomic E-state index is 13.0. The maximum atomic E-state index is 13.0. The van der Waals surface area contributed by atoms with E-state index < -0.39 is 49.5 Å². The average Bonchev–Trinajstić information content (AvgIpc) is 3.25. The molecule has 1 fully saturated rings. The van der Waals surface area contributed by atoms with E-state index in [-0.39, 0.29) is 12.5 Å². The van der Waals surface area contributed by atoms with E-state index in [0.29, 0.717) is 6.42 Å². The Morgan fingerprint density at radius 1 is 0.583 bits per heavy atom. The van der Waals surface area contributed by atoms with Crippen LogP contribution >= 0.6 is 0 Å². The summed E-state index contributed by atoms with van der Waals surface area (Å²) < 4.78 is 11.2. The van der Waals surface area contributed by atoms with Gasteiger partial charge in [0.15, 0.2) is 6.29 Å². The summed E-state index contributed by atoms with van der Waals surface area (Å²) in [6.07, 6.45) is 47.0. The van der Waals surface area contributed by atoms with Gasteiger partial charge in [-0.3, -0.25) is 4.79 Å². The second-order valence-corrected chi connectivity index (χ2v) is 16.9. The molecule has 9 nitrogen and oxygen atoms in total. The minimum absolute atomic E-state index is 0.182. The van der Waals surface area contributed by atoms with E-state index >= 15 is 0 Å². The van der Waals surface area contributed by atoms with E-state index in [1.807, 2.05) is 6.08 Å². The summed E-state index contributed by atoms with van der Waals surface area (Å²) in [5.41, 5.74) is 0. The van der Waals surface area contributed by atoms with Gasteiger partial charge in [0, 0.05) is 6.42 Å². The Morgan fingerprint density at radius 3 is 1.53 bits per heavy atom. The largest absolute Gasteiger partial charge is 0.394 e. The first kappa shape index (κ1) is 55.9. The molecular weight excluding hydrogens is 755 g/mol. The van der Waals surface area contributed by atoms with E-state index in [1.165, 1.54) is 116 Å². The first-order valence-electron chi connectivity index (χ1n) is 24.5. The van der Waals surface area contributed by atoms with Crippen molar-refractivity contribution in [1.29, 1.82) is 0 Å². The zero-order chi connectivity index (χ0) is 43.7. The van der Waals surface area contributed by atoms with E-state index in [2.05, 4.69) is 67.8 Å². The number of carbonyl (C=O) groups is 1. The van der Waals surface area contributed by atoms with Gasteiger partial charge in [-0.05, 0) is 57.8 Å². The van der Waals surface area contributed by atoms with Gasteiger partial charge in [-0.15, -0.1) is 0 Å². The van der Waals surface area contributed by atoms with Crippen molar-refractivity contribution in [2.75, 3.05) is 13.2 Å². The second kappa shape index (κ2) is 40.9. The SMILES string of the molecule is CC/C=C\C/C=C\C/C=C\C/C=C\CCCCCCCCCCCCCCC(=O)NC(COC1OC(CO)C(O)C(O)C1O)C(O)/C=C/CCCCCCCCCCCC. The summed E-state index contributed by atoms with van der Waals surface area (Å²) in [5.74, 6) is -0.182. The van der Waals surface area contributed by atoms with Gasteiger partial charge in [0.25, 0.3) is 0 Å². The molecule has 7 unspecified atom stereocenters. The highest BCUT2D eigenvalue weighted by Crippen LogP contribution is 2.23. The summed E-state index contributed by atoms with van der Waals surface area (Å²) in [4.78, 5) is 13.0. The van der Waals surface area contributed by atoms with E-state index in [4.69, 9.17) is 9.47 Å². The monoisotopic (exact) mass is 846 g/mol. The Bertz CT molecular complexity index is 1120. The van der Waals surface area contributed by atoms with Gasteiger partial charge >= 0.3 is 0 Å². The molecule has 348 valence electrons. The topological polar surface area (TPSA) is 149 Å². The molecule has 1 heterocycles. The van der Waals surface area contributed by atoms with Crippen LogP contribution in [0, 0.1) is 0 Å². The summed E-state index contributed by atoms with van der Waals surface area (Å²) >= 11 is 0. The molecule has 60 heavy (non-hydrogen) atoms. The fourth-order valence-electron chi connectivity index (χ4n) is 7.44. The van der Waals surface area contributed by atoms with Crippen LogP contribution in [0.1, 0.15) is 200 Å². The predicted octanol–water partition coefficient (Wildman–Crippen LogP) is 10.8. The summed E-state index contributed by atoms with van der Waals surface area (Å²) in [6, 6.07) is -0.806. The summed E-state index contributed by atoms with van der Waals surface area (Å²) in [5, 5.41) is 54.2. The number of nitrogens with one attached hydrogen (secondary N) is 1. The first-order valence-corrected chi connectivity index (χ1v) is 24.5. The third-order valence-corrected chi connectivity index (χ3v) is 11.3. The van der Waals surface area contributed by atoms with Crippen molar-refractivity contribution < 1.29 is 39.8 Å². The van der Waals surface area contributed by atoms with Gasteiger partial charge in [0.1, 0.15) is 24.4 Å². The third-order valence-electron chi connectivity index (χ3n) is 11.3. The lowest BCUT2D eigenvalue weighted by Gasteiger charge is -2.40. The van der Waals surface area contributed by atoms with Crippen LogP contribution in [0.15, 0.2) is 60.8 Å². The Kier molecular flexibility index (Phi) is 38.1. The van der Waals surface area contributed by atoms with Gasteiger partial charge in [-0.25, -0.2) is 0 Å². The quantitative estimate of drug-likeness (QED) is 0.0264. The predicted molar refractivity (Wildman–Crippen MR) is 249 cm³/mol. The molecule has 0 aromatic heterocycles. The van der Waals surface area contributed by atoms with Crippen molar-refractivity contribution in [3.63, 3.8) is 0 Å². The Labute approximate surface area is 366 Å². The van der Waals surface area contributed by atoms with Crippen LogP contribution in [-0.4, -0.2) is 87.5 Å². The van der Waals surface area contributed by atoms with Crippen molar-refractivity contribution in [1.82, 2.24) is 5.32 Å². The Hall–Kier alpha value is -2.11. The molecule has 1 aliphatic heterocycles. The first-order chi connectivity index (χ1) is 29.3. The minimum Gasteiger partial charge on any atom is -0.394 e. The highest BCUT2D eigenvalue weighted by molar-refractivity contribution is 5.76. The van der Waals surface area contributed by atoms with Crippen LogP contribution in [0.3, 0.4) is 0 Å². The van der Waals surface area contributed by atoms with Crippen LogP contribution < -0.4 is 5.32 Å². The highest BCUT2D eigenvalue weighted by atomic mass is 16.7. The van der Waals surface area contributed by atoms with Gasteiger partial charge in [0.2, 0.25) is 5.91 Å². The van der Waals surface area contributed by atoms with Crippen LogP contribution in [-0.2, 0) is 14.3 Å². The maximum Gasteiger partial charge on any atom is 0.220 e. The van der Waals surface area contributed by atoms with Crippen molar-refractivity contribution in [2.24, 2.45) is 0 Å². The number of hydrogen-bond donors (Lipinski definition) is 6. The summed E-state index contributed by atoms with van der Waals surface area (Å²) in [6.45, 7) is 3.64. The molecule has 0 radical (unpaired) electrons. The van der Waals surface area contributed by atoms with E-state index in [9.17, 15) is 30.3 Å². The van der Waals surface area contributed by atoms with Crippen LogP contribution in [0.2, 0.25) is 0 Å². The van der Waals surface area contributed by atoms with E-state index in [1.54, 1.807) is 6.08 Å². The highest BCUT2D eigenvalue weighted by Gasteiger charge is 2.44. The molecule has 0 spiro atoms. The molecule has 9 heteroatoms. The number of amides is 1. The van der Waals surface area contributed by atoms with Gasteiger partial charge < -0.3 is 40.3 Å². The number of unbranched alkanes of at least 4 members (excludes halogenated alkanes) is 22. The van der Waals surface area contributed by atoms with Crippen molar-refractivity contribution in [2.45, 2.75) is 243 Å². The number of aliphatic hydroxyl groups excluding tert-OH is 5. The number of rotatable bonds is 40. The van der Waals surface area contributed by atoms with Crippen LogP contribution in [0.5, 0.6) is 0 Å². The van der Waals surface area contributed by atoms with Crippen LogP contribution in [0.25, 0.3) is 0 Å². The smallest absolute Gasteiger partial charge is 0.220 e. The third kappa shape index (κ3) is 30.8. The fourth-order valence-corrected chi connectivity index (χ4v) is 7.44. The molecule has 1 rings (SSSR count). The van der Waals surface area contributed by atoms with Gasteiger partial charge in [0.05, 0.1) is 25.4 Å². The Morgan fingerprint density at radius 2 is 1.03 bits per heavy atom. The number of hydrogen-bond acceptors (Lipinski definition) is 8. The molecule has 0 aliphatic carbocycles. The number of ether oxygens (including phenoxy) is 2. The summed E-state index contributed by atoms with van der Waals surface area (Å²) in [7, 11) is 0. The lowest BCUT2D eigenvalue weighted by atomic mass is 9.99. The molecule has 1 amide bonds. The van der Waals surface area contributed by atoms with Gasteiger partial charge in [-0.1, -0.05) is 197 Å². The molecule has 1 aliphatic rings. The standard InChI is InChI=1S/C51H91NO8/c1-3-5-7-9-11-13-15-17-18-19-20-21-22-23-24-25-26-27-28-29-31-33-35-37-39-41-47(55)52-44(43-59-51-50(58)49(57)48(56)46(42-53)60-51)45(54)40-38-36-34-32-30-16-14-12-10-8-6-4-2/h5,7,11,13,17-18,20-21,38,40,44-46,48-51,53-54,56-58H,3-4,6,8-10,12,14-16,19,22-37,39,41-43H2,1-2H3,(H,52,55)/b7-5-,13-11-,18-17-,21-20-,40-38+. The Balaban J connectivity index is 2.25. The molecule has 6 N–H and O–H groups in total. The zero-order valence-electron chi connectivity index (χ0n) is 38.2. The van der Waals surface area contributed by atoms with Crippen LogP contribution in [0.4, 0.5) is 0 Å². The molecule has 0 aromatic rings. The lowest BCUT2D eigenvalue weighted by molar-refractivity contribution is -0.302. The molecule has 0 aromatic carbocycles. The average molecular weight is 846 g/mol. The molecule has 1 saturated heterocycles. The normalized spacial score (nSPS) is 21.1. The second-order valence-electron chi connectivity index (χ2n) is 16.9. The minimum atomic E-state index is -1.57. The molecular formula is C51H91NO8. The molecule has 0 bridgehead atoms. The molecule has 0 saturated carbocycles. The van der Waals surface area contributed by atoms with Crippen molar-refractivity contribution in [3.8, 4) is 0 Å². The van der Waals surface area contributed by atoms with Crippen molar-refractivity contribution in [3.05, 3.63) is 60.8 Å². The van der Waals surface area contributed by atoms with Crippen molar-refractivity contribution >= 4 is 5.91 Å². The lowest BCUT2D eigenvalue weighted by Crippen LogP contribution is -2.60. The van der Waals surface area contributed by atoms with Gasteiger partial charge in [-0.2, -0.15) is 0 Å². The zero-order valence-corrected chi connectivity index (χ0v) is 38.2. The molecule has 7 atom stereocenters. The fraction of sp³-hybridized carbons (Fsp3) is 0.784. The number of carbonyl (C=O) groups excluding carboxylic acids is 1. The number of allylic oxidation sites excluding steroid dienone is 9. The number of aliphatic hydroxyl groups is 5.